The first kappa shape index (κ1) is 19.9. The smallest absolute Gasteiger partial charge is 0.308 e. The third-order valence-corrected chi connectivity index (χ3v) is 3.58. The van der Waals surface area contributed by atoms with Gasteiger partial charge < -0.3 is 19.6 Å². The quantitative estimate of drug-likeness (QED) is 0.550. The maximum absolute atomic E-state index is 11.9. The zero-order valence-electron chi connectivity index (χ0n) is 13.8. The van der Waals surface area contributed by atoms with Crippen molar-refractivity contribution in [2.75, 3.05) is 46.4 Å². The molecule has 1 atom stereocenters. The van der Waals surface area contributed by atoms with Gasteiger partial charge in [-0.15, -0.1) is 0 Å². The largest absolute Gasteiger partial charge is 0.481 e. The summed E-state index contributed by atoms with van der Waals surface area (Å²) in [5.41, 5.74) is 0. The Kier molecular flexibility index (Phi) is 10.9. The Morgan fingerprint density at radius 3 is 2.19 bits per heavy atom. The molecule has 0 aliphatic heterocycles. The van der Waals surface area contributed by atoms with Gasteiger partial charge in [0.25, 0.3) is 0 Å². The Morgan fingerprint density at radius 2 is 1.71 bits per heavy atom. The predicted octanol–water partition coefficient (Wildman–Crippen LogP) is 1.30. The molecule has 0 fully saturated rings. The van der Waals surface area contributed by atoms with Gasteiger partial charge in [0.1, 0.15) is 6.61 Å². The summed E-state index contributed by atoms with van der Waals surface area (Å²) < 4.78 is 4.86. The minimum atomic E-state index is -0.881. The second kappa shape index (κ2) is 11.5. The molecule has 0 aromatic rings. The molecule has 0 aliphatic rings. The number of carboxylic acids is 1. The van der Waals surface area contributed by atoms with E-state index in [1.807, 2.05) is 0 Å². The number of rotatable bonds is 12. The van der Waals surface area contributed by atoms with Crippen LogP contribution >= 0.6 is 0 Å². The Morgan fingerprint density at radius 1 is 1.14 bits per heavy atom. The number of carbonyl (C=O) groups is 2. The zero-order chi connectivity index (χ0) is 16.3. The maximum atomic E-state index is 11.9. The van der Waals surface area contributed by atoms with Gasteiger partial charge in [0.05, 0.1) is 5.92 Å². The molecule has 0 rings (SSSR count). The predicted molar refractivity (Wildman–Crippen MR) is 82.3 cm³/mol. The minimum absolute atomic E-state index is 0.00237. The molecule has 0 bridgehead atoms. The highest BCUT2D eigenvalue weighted by Crippen LogP contribution is 2.05. The van der Waals surface area contributed by atoms with E-state index in [-0.39, 0.29) is 19.1 Å². The van der Waals surface area contributed by atoms with E-state index in [2.05, 4.69) is 18.7 Å². The average Bonchev–Trinajstić information content (AvgIpc) is 2.46. The topological polar surface area (TPSA) is 70.1 Å². The molecular weight excluding hydrogens is 272 g/mol. The van der Waals surface area contributed by atoms with Crippen LogP contribution in [0, 0.1) is 5.92 Å². The summed E-state index contributed by atoms with van der Waals surface area (Å²) in [4.78, 5) is 26.8. The van der Waals surface area contributed by atoms with Crippen LogP contribution in [0.2, 0.25) is 0 Å². The standard InChI is InChI=1S/C15H30N2O4/c1-5-16(6-2)9-7-8-10-17(14(18)12-21-4)11-13(3)15(19)20/h13H,5-12H2,1-4H3,(H,19,20). The lowest BCUT2D eigenvalue weighted by atomic mass is 10.1. The summed E-state index contributed by atoms with van der Waals surface area (Å²) in [5.74, 6) is -1.59. The third kappa shape index (κ3) is 8.67. The third-order valence-electron chi connectivity index (χ3n) is 3.58. The highest BCUT2D eigenvalue weighted by Gasteiger charge is 2.20. The fourth-order valence-corrected chi connectivity index (χ4v) is 2.12. The monoisotopic (exact) mass is 302 g/mol. The van der Waals surface area contributed by atoms with E-state index >= 15 is 0 Å². The molecule has 0 saturated heterocycles. The fourth-order valence-electron chi connectivity index (χ4n) is 2.12. The summed E-state index contributed by atoms with van der Waals surface area (Å²) in [6, 6.07) is 0. The van der Waals surface area contributed by atoms with Crippen molar-refractivity contribution in [2.24, 2.45) is 5.92 Å². The molecule has 0 heterocycles. The molecular formula is C15H30N2O4. The van der Waals surface area contributed by atoms with Gasteiger partial charge in [0.2, 0.25) is 5.91 Å². The van der Waals surface area contributed by atoms with Gasteiger partial charge in [0, 0.05) is 20.2 Å². The molecule has 6 heteroatoms. The van der Waals surface area contributed by atoms with Crippen LogP contribution in [0.3, 0.4) is 0 Å². The van der Waals surface area contributed by atoms with Crippen molar-refractivity contribution in [2.45, 2.75) is 33.6 Å². The van der Waals surface area contributed by atoms with Crippen molar-refractivity contribution in [1.82, 2.24) is 9.80 Å². The number of hydrogen-bond donors (Lipinski definition) is 1. The Hall–Kier alpha value is -1.14. The first-order chi connectivity index (χ1) is 9.96. The Bertz CT molecular complexity index is 306. The number of methoxy groups -OCH3 is 1. The number of carbonyl (C=O) groups excluding carboxylic acids is 1. The number of amides is 1. The van der Waals surface area contributed by atoms with E-state index < -0.39 is 11.9 Å². The first-order valence-electron chi connectivity index (χ1n) is 7.68. The van der Waals surface area contributed by atoms with Crippen LogP contribution in [0.1, 0.15) is 33.6 Å². The van der Waals surface area contributed by atoms with Gasteiger partial charge >= 0.3 is 5.97 Å². The second-order valence-corrected chi connectivity index (χ2v) is 5.25. The van der Waals surface area contributed by atoms with Gasteiger partial charge in [-0.3, -0.25) is 9.59 Å². The number of ether oxygens (including phenoxy) is 1. The normalized spacial score (nSPS) is 12.4. The molecule has 0 radical (unpaired) electrons. The molecule has 21 heavy (non-hydrogen) atoms. The van der Waals surface area contributed by atoms with Gasteiger partial charge in [-0.2, -0.15) is 0 Å². The SMILES string of the molecule is CCN(CC)CCCCN(CC(C)C(=O)O)C(=O)COC. The molecule has 0 aromatic heterocycles. The lowest BCUT2D eigenvalue weighted by molar-refractivity contribution is -0.143. The van der Waals surface area contributed by atoms with Gasteiger partial charge in [-0.1, -0.05) is 20.8 Å². The van der Waals surface area contributed by atoms with E-state index in [1.54, 1.807) is 11.8 Å². The minimum Gasteiger partial charge on any atom is -0.481 e. The van der Waals surface area contributed by atoms with Crippen LogP contribution in [-0.2, 0) is 14.3 Å². The van der Waals surface area contributed by atoms with E-state index in [9.17, 15) is 9.59 Å². The lowest BCUT2D eigenvalue weighted by Gasteiger charge is -2.25. The van der Waals surface area contributed by atoms with E-state index in [0.29, 0.717) is 6.54 Å². The highest BCUT2D eigenvalue weighted by atomic mass is 16.5. The van der Waals surface area contributed by atoms with Crippen molar-refractivity contribution in [3.8, 4) is 0 Å². The molecule has 6 nitrogen and oxygen atoms in total. The summed E-state index contributed by atoms with van der Waals surface area (Å²) in [6.07, 6.45) is 1.87. The van der Waals surface area contributed by atoms with Gasteiger partial charge in [0.15, 0.2) is 0 Å². The van der Waals surface area contributed by atoms with Crippen molar-refractivity contribution in [3.05, 3.63) is 0 Å². The second-order valence-electron chi connectivity index (χ2n) is 5.25. The first-order valence-corrected chi connectivity index (χ1v) is 7.68. The molecule has 0 spiro atoms. The maximum Gasteiger partial charge on any atom is 0.308 e. The molecule has 124 valence electrons. The molecule has 0 aromatic carbocycles. The van der Waals surface area contributed by atoms with Crippen LogP contribution in [0.4, 0.5) is 0 Å². The summed E-state index contributed by atoms with van der Waals surface area (Å²) >= 11 is 0. The molecule has 1 amide bonds. The number of unbranched alkanes of at least 4 members (excludes halogenated alkanes) is 1. The highest BCUT2D eigenvalue weighted by molar-refractivity contribution is 5.78. The molecule has 1 unspecified atom stereocenters. The zero-order valence-corrected chi connectivity index (χ0v) is 13.8. The lowest BCUT2D eigenvalue weighted by Crippen LogP contribution is -2.39. The summed E-state index contributed by atoms with van der Waals surface area (Å²) in [6.45, 7) is 9.77. The number of aliphatic carboxylic acids is 1. The van der Waals surface area contributed by atoms with Crippen LogP contribution in [0.5, 0.6) is 0 Å². The van der Waals surface area contributed by atoms with Crippen LogP contribution < -0.4 is 0 Å². The average molecular weight is 302 g/mol. The number of carboxylic acid groups (broad SMARTS) is 1. The van der Waals surface area contributed by atoms with Gasteiger partial charge in [-0.05, 0) is 32.5 Å². The Labute approximate surface area is 128 Å². The van der Waals surface area contributed by atoms with Gasteiger partial charge in [-0.25, -0.2) is 0 Å². The van der Waals surface area contributed by atoms with Crippen molar-refractivity contribution in [1.29, 1.82) is 0 Å². The van der Waals surface area contributed by atoms with E-state index in [0.717, 1.165) is 32.5 Å². The van der Waals surface area contributed by atoms with E-state index in [1.165, 1.54) is 7.11 Å². The molecule has 0 saturated carbocycles. The molecule has 1 N–H and O–H groups in total. The van der Waals surface area contributed by atoms with Crippen LogP contribution in [0.25, 0.3) is 0 Å². The Balaban J connectivity index is 4.27. The number of hydrogen-bond acceptors (Lipinski definition) is 4. The van der Waals surface area contributed by atoms with Crippen molar-refractivity contribution >= 4 is 11.9 Å². The van der Waals surface area contributed by atoms with Crippen molar-refractivity contribution < 1.29 is 19.4 Å². The van der Waals surface area contributed by atoms with Crippen LogP contribution in [-0.4, -0.2) is 73.2 Å². The van der Waals surface area contributed by atoms with Crippen molar-refractivity contribution in [3.63, 3.8) is 0 Å². The molecule has 0 aliphatic carbocycles. The fraction of sp³-hybridized carbons (Fsp3) is 0.867. The summed E-state index contributed by atoms with van der Waals surface area (Å²) in [7, 11) is 1.47. The number of nitrogens with zero attached hydrogens (tertiary/aromatic N) is 2. The summed E-state index contributed by atoms with van der Waals surface area (Å²) in [5, 5.41) is 8.97. The van der Waals surface area contributed by atoms with E-state index in [4.69, 9.17) is 9.84 Å². The van der Waals surface area contributed by atoms with Crippen LogP contribution in [0.15, 0.2) is 0 Å².